The molecule has 0 aromatic heterocycles. The van der Waals surface area contributed by atoms with Gasteiger partial charge in [0.05, 0.1) is 6.10 Å². The van der Waals surface area contributed by atoms with Crippen molar-refractivity contribution in [3.05, 3.63) is 17.7 Å². The van der Waals surface area contributed by atoms with E-state index in [1.165, 1.54) is 0 Å². The summed E-state index contributed by atoms with van der Waals surface area (Å²) in [6.07, 6.45) is 0.377. The number of hydrogen-bond donors (Lipinski definition) is 2. The zero-order valence-electron chi connectivity index (χ0n) is 7.62. The highest BCUT2D eigenvalue weighted by molar-refractivity contribution is 5.62. The van der Waals surface area contributed by atoms with E-state index in [1.807, 2.05) is 12.1 Å². The standard InChI is InChI=1S/C10H11NO3/c12-7-1-6-2-9-10(14-5-13-9)3-8(6)11-4-7/h2-3,7,11-12H,1,4-5H2/t7-/m1/s1. The lowest BCUT2D eigenvalue weighted by Gasteiger charge is -2.22. The summed E-state index contributed by atoms with van der Waals surface area (Å²) in [6.45, 7) is 0.896. The minimum absolute atomic E-state index is 0.292. The topological polar surface area (TPSA) is 50.7 Å². The molecule has 0 spiro atoms. The van der Waals surface area contributed by atoms with E-state index in [2.05, 4.69) is 5.32 Å². The highest BCUT2D eigenvalue weighted by Crippen LogP contribution is 2.38. The van der Waals surface area contributed by atoms with E-state index in [1.54, 1.807) is 0 Å². The molecule has 0 aliphatic carbocycles. The Morgan fingerprint density at radius 3 is 2.93 bits per heavy atom. The van der Waals surface area contributed by atoms with Crippen molar-refractivity contribution < 1.29 is 14.6 Å². The predicted octanol–water partition coefficient (Wildman–Crippen LogP) is 0.744. The average molecular weight is 193 g/mol. The van der Waals surface area contributed by atoms with Crippen LogP contribution in [-0.4, -0.2) is 24.5 Å². The van der Waals surface area contributed by atoms with Crippen LogP contribution in [0.25, 0.3) is 0 Å². The molecule has 1 aromatic carbocycles. The lowest BCUT2D eigenvalue weighted by atomic mass is 10.0. The number of β-amino-alcohol motifs (C(OH)–C–C–N with tert-alkyl or cyclic N) is 1. The number of hydrogen-bond acceptors (Lipinski definition) is 4. The van der Waals surface area contributed by atoms with Gasteiger partial charge in [-0.2, -0.15) is 0 Å². The average Bonchev–Trinajstić information content (AvgIpc) is 2.61. The maximum Gasteiger partial charge on any atom is 0.231 e. The van der Waals surface area contributed by atoms with Crippen molar-refractivity contribution in [1.82, 2.24) is 0 Å². The highest BCUT2D eigenvalue weighted by atomic mass is 16.7. The molecule has 1 atom stereocenters. The van der Waals surface area contributed by atoms with E-state index < -0.39 is 0 Å². The number of ether oxygens (including phenoxy) is 2. The molecule has 3 rings (SSSR count). The summed E-state index contributed by atoms with van der Waals surface area (Å²) >= 11 is 0. The summed E-state index contributed by atoms with van der Waals surface area (Å²) in [4.78, 5) is 0. The van der Waals surface area contributed by atoms with Crippen molar-refractivity contribution in [3.63, 3.8) is 0 Å². The molecule has 0 amide bonds. The van der Waals surface area contributed by atoms with Crippen molar-refractivity contribution in [2.45, 2.75) is 12.5 Å². The van der Waals surface area contributed by atoms with Crippen molar-refractivity contribution in [1.29, 1.82) is 0 Å². The van der Waals surface area contributed by atoms with Gasteiger partial charge in [-0.05, 0) is 11.6 Å². The molecule has 74 valence electrons. The Balaban J connectivity index is 2.06. The smallest absolute Gasteiger partial charge is 0.231 e. The van der Waals surface area contributed by atoms with Crippen molar-refractivity contribution in [2.75, 3.05) is 18.7 Å². The van der Waals surface area contributed by atoms with Gasteiger partial charge < -0.3 is 19.9 Å². The lowest BCUT2D eigenvalue weighted by molar-refractivity contribution is 0.174. The molecule has 0 saturated carbocycles. The van der Waals surface area contributed by atoms with Crippen LogP contribution in [0.4, 0.5) is 5.69 Å². The molecule has 2 N–H and O–H groups in total. The van der Waals surface area contributed by atoms with Crippen LogP contribution in [0, 0.1) is 0 Å². The minimum atomic E-state index is -0.303. The second-order valence-corrected chi connectivity index (χ2v) is 3.60. The van der Waals surface area contributed by atoms with Gasteiger partial charge >= 0.3 is 0 Å². The zero-order valence-corrected chi connectivity index (χ0v) is 7.62. The van der Waals surface area contributed by atoms with Crippen LogP contribution in [0.3, 0.4) is 0 Å². The third-order valence-electron chi connectivity index (χ3n) is 2.58. The van der Waals surface area contributed by atoms with Gasteiger partial charge in [0.2, 0.25) is 6.79 Å². The molecule has 0 bridgehead atoms. The van der Waals surface area contributed by atoms with Gasteiger partial charge in [-0.1, -0.05) is 0 Å². The van der Waals surface area contributed by atoms with E-state index in [0.717, 1.165) is 22.7 Å². The Hall–Kier alpha value is -1.42. The maximum atomic E-state index is 9.47. The monoisotopic (exact) mass is 193 g/mol. The molecule has 4 heteroatoms. The Bertz CT molecular complexity index is 378. The molecule has 2 heterocycles. The Labute approximate surface area is 81.5 Å². The molecule has 14 heavy (non-hydrogen) atoms. The molecule has 0 saturated heterocycles. The Morgan fingerprint density at radius 2 is 2.07 bits per heavy atom. The molecule has 0 unspecified atom stereocenters. The van der Waals surface area contributed by atoms with Gasteiger partial charge in [-0.3, -0.25) is 0 Å². The number of benzene rings is 1. The lowest BCUT2D eigenvalue weighted by Crippen LogP contribution is -2.27. The van der Waals surface area contributed by atoms with E-state index in [-0.39, 0.29) is 6.10 Å². The minimum Gasteiger partial charge on any atom is -0.454 e. The van der Waals surface area contributed by atoms with E-state index in [0.29, 0.717) is 19.8 Å². The first-order valence-electron chi connectivity index (χ1n) is 4.67. The third-order valence-corrected chi connectivity index (χ3v) is 2.58. The fraction of sp³-hybridized carbons (Fsp3) is 0.400. The van der Waals surface area contributed by atoms with Crippen molar-refractivity contribution in [2.24, 2.45) is 0 Å². The van der Waals surface area contributed by atoms with Crippen molar-refractivity contribution in [3.8, 4) is 11.5 Å². The summed E-state index contributed by atoms with van der Waals surface area (Å²) in [7, 11) is 0. The van der Waals surface area contributed by atoms with Gasteiger partial charge in [-0.25, -0.2) is 0 Å². The largest absolute Gasteiger partial charge is 0.454 e. The fourth-order valence-electron chi connectivity index (χ4n) is 1.87. The normalized spacial score (nSPS) is 22.8. The van der Waals surface area contributed by atoms with Crippen LogP contribution in [-0.2, 0) is 6.42 Å². The van der Waals surface area contributed by atoms with Crippen LogP contribution in [0.15, 0.2) is 12.1 Å². The summed E-state index contributed by atoms with van der Waals surface area (Å²) < 4.78 is 10.5. The van der Waals surface area contributed by atoms with Gasteiger partial charge in [0.1, 0.15) is 0 Å². The van der Waals surface area contributed by atoms with E-state index >= 15 is 0 Å². The van der Waals surface area contributed by atoms with Crippen molar-refractivity contribution >= 4 is 5.69 Å². The van der Waals surface area contributed by atoms with Crippen LogP contribution < -0.4 is 14.8 Å². The van der Waals surface area contributed by atoms with Crippen LogP contribution in [0.5, 0.6) is 11.5 Å². The molecular formula is C10H11NO3. The second kappa shape index (κ2) is 2.78. The number of aliphatic hydroxyl groups excluding tert-OH is 1. The first kappa shape index (κ1) is 7.94. The van der Waals surface area contributed by atoms with E-state index in [4.69, 9.17) is 9.47 Å². The molecular weight excluding hydrogens is 182 g/mol. The number of nitrogens with one attached hydrogen (secondary N) is 1. The molecule has 0 fully saturated rings. The van der Waals surface area contributed by atoms with Crippen LogP contribution in [0.2, 0.25) is 0 Å². The zero-order chi connectivity index (χ0) is 9.54. The quantitative estimate of drug-likeness (QED) is 0.638. The SMILES string of the molecule is O[C@H]1CNc2cc3c(cc2C1)OCO3. The molecule has 4 nitrogen and oxygen atoms in total. The summed E-state index contributed by atoms with van der Waals surface area (Å²) in [5.74, 6) is 1.56. The van der Waals surface area contributed by atoms with Gasteiger partial charge in [0.15, 0.2) is 11.5 Å². The first-order chi connectivity index (χ1) is 6.83. The van der Waals surface area contributed by atoms with Gasteiger partial charge in [0.25, 0.3) is 0 Å². The summed E-state index contributed by atoms with van der Waals surface area (Å²) in [6, 6.07) is 3.87. The third kappa shape index (κ3) is 1.11. The molecule has 2 aliphatic rings. The Morgan fingerprint density at radius 1 is 1.29 bits per heavy atom. The first-order valence-corrected chi connectivity index (χ1v) is 4.67. The van der Waals surface area contributed by atoms with Crippen LogP contribution in [0.1, 0.15) is 5.56 Å². The highest BCUT2D eigenvalue weighted by Gasteiger charge is 2.21. The number of anilines is 1. The van der Waals surface area contributed by atoms with Gasteiger partial charge in [-0.15, -0.1) is 0 Å². The fourth-order valence-corrected chi connectivity index (χ4v) is 1.87. The maximum absolute atomic E-state index is 9.47. The number of aliphatic hydroxyl groups is 1. The Kier molecular flexibility index (Phi) is 1.58. The second-order valence-electron chi connectivity index (χ2n) is 3.60. The molecule has 2 aliphatic heterocycles. The van der Waals surface area contributed by atoms with Gasteiger partial charge in [0, 0.05) is 24.7 Å². The number of rotatable bonds is 0. The predicted molar refractivity (Wildman–Crippen MR) is 50.8 cm³/mol. The molecule has 1 aromatic rings. The summed E-state index contributed by atoms with van der Waals surface area (Å²) in [5.41, 5.74) is 2.13. The summed E-state index contributed by atoms with van der Waals surface area (Å²) in [5, 5.41) is 12.6. The number of fused-ring (bicyclic) bond motifs is 2. The van der Waals surface area contributed by atoms with E-state index in [9.17, 15) is 5.11 Å². The van der Waals surface area contributed by atoms with Crippen LogP contribution >= 0.6 is 0 Å². The molecule has 0 radical (unpaired) electrons.